The van der Waals surface area contributed by atoms with Crippen LogP contribution in [0.15, 0.2) is 66.9 Å². The lowest BCUT2D eigenvalue weighted by Gasteiger charge is -2.09. The van der Waals surface area contributed by atoms with Crippen molar-refractivity contribution in [3.8, 4) is 0 Å². The van der Waals surface area contributed by atoms with Gasteiger partial charge in [-0.05, 0) is 53.9 Å². The zero-order valence-corrected chi connectivity index (χ0v) is 15.3. The maximum Gasteiger partial charge on any atom is 0.251 e. The molecule has 0 radical (unpaired) electrons. The van der Waals surface area contributed by atoms with Crippen LogP contribution in [0.25, 0.3) is 0 Å². The van der Waals surface area contributed by atoms with Crippen molar-refractivity contribution in [3.05, 3.63) is 94.4 Å². The first kappa shape index (κ1) is 18.9. The van der Waals surface area contributed by atoms with E-state index in [0.29, 0.717) is 35.9 Å². The largest absolute Gasteiger partial charge is 0.366 e. The summed E-state index contributed by atoms with van der Waals surface area (Å²) in [5, 5.41) is 6.75. The zero-order chi connectivity index (χ0) is 19.1. The van der Waals surface area contributed by atoms with Gasteiger partial charge in [0.1, 0.15) is 11.6 Å². The van der Waals surface area contributed by atoms with Gasteiger partial charge < -0.3 is 10.6 Å². The second-order valence-corrected chi connectivity index (χ2v) is 6.48. The monoisotopic (exact) mass is 383 g/mol. The number of aromatic nitrogens is 1. The number of hydrogen-bond acceptors (Lipinski definition) is 3. The number of amides is 1. The topological polar surface area (TPSA) is 54.0 Å². The molecular weight excluding hydrogens is 365 g/mol. The number of halogens is 2. The number of carbonyl (C=O) groups is 1. The normalized spacial score (nSPS) is 10.4. The highest BCUT2D eigenvalue weighted by atomic mass is 35.5. The van der Waals surface area contributed by atoms with Crippen molar-refractivity contribution in [3.63, 3.8) is 0 Å². The Morgan fingerprint density at radius 3 is 2.44 bits per heavy atom. The minimum absolute atomic E-state index is 0.172. The molecule has 0 aliphatic heterocycles. The number of rotatable bonds is 7. The summed E-state index contributed by atoms with van der Waals surface area (Å²) in [4.78, 5) is 16.5. The first-order valence-electron chi connectivity index (χ1n) is 8.57. The van der Waals surface area contributed by atoms with Gasteiger partial charge in [-0.15, -0.1) is 0 Å². The van der Waals surface area contributed by atoms with Crippen LogP contribution in [0.2, 0.25) is 5.02 Å². The van der Waals surface area contributed by atoms with E-state index in [9.17, 15) is 9.18 Å². The molecule has 0 fully saturated rings. The summed E-state index contributed by atoms with van der Waals surface area (Å²) in [5.41, 5.74) is 2.56. The molecule has 0 saturated carbocycles. The minimum Gasteiger partial charge on any atom is -0.366 e. The molecule has 3 aromatic rings. The predicted molar refractivity (Wildman–Crippen MR) is 105 cm³/mol. The van der Waals surface area contributed by atoms with Crippen LogP contribution in [-0.2, 0) is 13.0 Å². The van der Waals surface area contributed by atoms with Crippen LogP contribution in [0.3, 0.4) is 0 Å². The van der Waals surface area contributed by atoms with E-state index in [0.717, 1.165) is 11.1 Å². The van der Waals surface area contributed by atoms with Crippen LogP contribution >= 0.6 is 11.6 Å². The first-order chi connectivity index (χ1) is 13.1. The highest BCUT2D eigenvalue weighted by molar-refractivity contribution is 6.30. The third-order valence-corrected chi connectivity index (χ3v) is 4.27. The van der Waals surface area contributed by atoms with Crippen LogP contribution in [0.4, 0.5) is 10.2 Å². The van der Waals surface area contributed by atoms with Crippen LogP contribution in [-0.4, -0.2) is 17.4 Å². The van der Waals surface area contributed by atoms with Crippen LogP contribution in [0.1, 0.15) is 21.5 Å². The van der Waals surface area contributed by atoms with E-state index >= 15 is 0 Å². The Hall–Kier alpha value is -2.92. The molecule has 0 atom stereocenters. The fraction of sp³-hybridized carbons (Fsp3) is 0.143. The Morgan fingerprint density at radius 2 is 1.70 bits per heavy atom. The number of nitrogens with zero attached hydrogens (tertiary/aromatic N) is 1. The lowest BCUT2D eigenvalue weighted by molar-refractivity contribution is 0.0954. The second kappa shape index (κ2) is 9.14. The van der Waals surface area contributed by atoms with Gasteiger partial charge in [-0.25, -0.2) is 9.37 Å². The Bertz CT molecular complexity index is 898. The van der Waals surface area contributed by atoms with Crippen molar-refractivity contribution in [2.24, 2.45) is 0 Å². The minimum atomic E-state index is -0.266. The second-order valence-electron chi connectivity index (χ2n) is 6.04. The van der Waals surface area contributed by atoms with Gasteiger partial charge in [0.05, 0.1) is 0 Å². The summed E-state index contributed by atoms with van der Waals surface area (Å²) in [7, 11) is 0. The maximum absolute atomic E-state index is 12.9. The molecular formula is C21H19ClFN3O. The fourth-order valence-corrected chi connectivity index (χ4v) is 2.66. The number of carbonyl (C=O) groups excluding carboxylic acids is 1. The molecule has 0 unspecified atom stereocenters. The summed E-state index contributed by atoms with van der Waals surface area (Å²) in [6.45, 7) is 1.06. The molecule has 0 saturated heterocycles. The molecule has 0 aliphatic carbocycles. The molecule has 138 valence electrons. The van der Waals surface area contributed by atoms with Gasteiger partial charge >= 0.3 is 0 Å². The SMILES string of the molecule is O=C(NCCc1ccc(F)cc1)c1ccnc(NCc2ccc(Cl)cc2)c1. The van der Waals surface area contributed by atoms with E-state index < -0.39 is 0 Å². The van der Waals surface area contributed by atoms with Crippen molar-refractivity contribution in [1.29, 1.82) is 0 Å². The predicted octanol–water partition coefficient (Wildman–Crippen LogP) is 4.46. The molecule has 1 heterocycles. The summed E-state index contributed by atoms with van der Waals surface area (Å²) in [5.74, 6) is 0.184. The van der Waals surface area contributed by atoms with Gasteiger partial charge in [0.25, 0.3) is 5.91 Å². The maximum atomic E-state index is 12.9. The van der Waals surface area contributed by atoms with Crippen molar-refractivity contribution in [1.82, 2.24) is 10.3 Å². The van der Waals surface area contributed by atoms with Crippen molar-refractivity contribution in [2.45, 2.75) is 13.0 Å². The molecule has 0 aliphatic rings. The molecule has 4 nitrogen and oxygen atoms in total. The lowest BCUT2D eigenvalue weighted by Crippen LogP contribution is -2.25. The fourth-order valence-electron chi connectivity index (χ4n) is 2.54. The summed E-state index contributed by atoms with van der Waals surface area (Å²) in [6, 6.07) is 17.2. The molecule has 0 bridgehead atoms. The van der Waals surface area contributed by atoms with E-state index in [2.05, 4.69) is 15.6 Å². The van der Waals surface area contributed by atoms with Crippen LogP contribution in [0, 0.1) is 5.82 Å². The standard InChI is InChI=1S/C21H19ClFN3O/c22-18-5-1-16(2-6-18)14-26-20-13-17(10-12-24-20)21(27)25-11-9-15-3-7-19(23)8-4-15/h1-8,10,12-13H,9,11,14H2,(H,24,26)(H,25,27). The molecule has 1 aromatic heterocycles. The average molecular weight is 384 g/mol. The molecule has 6 heteroatoms. The van der Waals surface area contributed by atoms with E-state index in [1.165, 1.54) is 12.1 Å². The van der Waals surface area contributed by atoms with E-state index in [4.69, 9.17) is 11.6 Å². The van der Waals surface area contributed by atoms with Gasteiger partial charge in [0.2, 0.25) is 0 Å². The number of hydrogen-bond donors (Lipinski definition) is 2. The number of benzene rings is 2. The van der Waals surface area contributed by atoms with Crippen molar-refractivity contribution >= 4 is 23.3 Å². The van der Waals surface area contributed by atoms with Gasteiger partial charge in [-0.3, -0.25) is 4.79 Å². The molecule has 2 aromatic carbocycles. The van der Waals surface area contributed by atoms with E-state index in [1.807, 2.05) is 24.3 Å². The summed E-state index contributed by atoms with van der Waals surface area (Å²) < 4.78 is 12.9. The lowest BCUT2D eigenvalue weighted by atomic mass is 10.1. The summed E-state index contributed by atoms with van der Waals surface area (Å²) in [6.07, 6.45) is 2.23. The Kier molecular flexibility index (Phi) is 6.39. The number of anilines is 1. The van der Waals surface area contributed by atoms with Gasteiger partial charge in [-0.1, -0.05) is 35.9 Å². The number of nitrogens with one attached hydrogen (secondary N) is 2. The van der Waals surface area contributed by atoms with Crippen molar-refractivity contribution < 1.29 is 9.18 Å². The molecule has 27 heavy (non-hydrogen) atoms. The highest BCUT2D eigenvalue weighted by Crippen LogP contribution is 2.12. The molecule has 2 N–H and O–H groups in total. The Labute approximate surface area is 162 Å². The van der Waals surface area contributed by atoms with Crippen LogP contribution < -0.4 is 10.6 Å². The smallest absolute Gasteiger partial charge is 0.251 e. The Balaban J connectivity index is 1.51. The Morgan fingerprint density at radius 1 is 1.00 bits per heavy atom. The van der Waals surface area contributed by atoms with E-state index in [1.54, 1.807) is 30.5 Å². The quantitative estimate of drug-likeness (QED) is 0.633. The van der Waals surface area contributed by atoms with Gasteiger partial charge in [-0.2, -0.15) is 0 Å². The third kappa shape index (κ3) is 5.79. The molecule has 0 spiro atoms. The van der Waals surface area contributed by atoms with Crippen molar-refractivity contribution in [2.75, 3.05) is 11.9 Å². The van der Waals surface area contributed by atoms with Crippen LogP contribution in [0.5, 0.6) is 0 Å². The molecule has 1 amide bonds. The third-order valence-electron chi connectivity index (χ3n) is 4.02. The highest BCUT2D eigenvalue weighted by Gasteiger charge is 2.07. The van der Waals surface area contributed by atoms with E-state index in [-0.39, 0.29) is 11.7 Å². The van der Waals surface area contributed by atoms with Gasteiger partial charge in [0, 0.05) is 29.9 Å². The zero-order valence-electron chi connectivity index (χ0n) is 14.6. The molecule has 3 rings (SSSR count). The van der Waals surface area contributed by atoms with Gasteiger partial charge in [0.15, 0.2) is 0 Å². The average Bonchev–Trinajstić information content (AvgIpc) is 2.69. The summed E-state index contributed by atoms with van der Waals surface area (Å²) >= 11 is 5.88. The first-order valence-corrected chi connectivity index (χ1v) is 8.95. The number of pyridine rings is 1.